The minimum Gasteiger partial charge on any atom is -0.465 e. The number of rotatable bonds is 4. The fourth-order valence-corrected chi connectivity index (χ4v) is 7.67. The van der Waals surface area contributed by atoms with Crippen LogP contribution in [-0.2, 0) is 14.3 Å². The summed E-state index contributed by atoms with van der Waals surface area (Å²) in [5.74, 6) is 2.58. The summed E-state index contributed by atoms with van der Waals surface area (Å²) in [4.78, 5) is 27.3. The van der Waals surface area contributed by atoms with Gasteiger partial charge >= 0.3 is 6.09 Å². The van der Waals surface area contributed by atoms with Gasteiger partial charge in [-0.1, -0.05) is 38.8 Å². The second kappa shape index (κ2) is 12.8. The maximum Gasteiger partial charge on any atom is 0.408 e. The monoisotopic (exact) mass is 566 g/mol. The number of thioether (sulfide) groups is 1. The molecule has 3 saturated heterocycles. The van der Waals surface area contributed by atoms with Crippen molar-refractivity contribution in [3.05, 3.63) is 12.2 Å². The average Bonchev–Trinajstić information content (AvgIpc) is 3.13. The number of amides is 2. The van der Waals surface area contributed by atoms with Gasteiger partial charge < -0.3 is 35.2 Å². The Morgan fingerprint density at radius 2 is 1.95 bits per heavy atom. The number of carboxylic acid groups (broad SMARTS) is 1. The molecule has 0 aromatic carbocycles. The summed E-state index contributed by atoms with van der Waals surface area (Å²) in [6, 6.07) is -1.87. The predicted octanol–water partition coefficient (Wildman–Crippen LogP) is 1.43. The number of nitrogens with zero attached hydrogens (tertiary/aromatic N) is 1. The van der Waals surface area contributed by atoms with Gasteiger partial charge in [-0.3, -0.25) is 9.69 Å². The SMILES string of the molecule is C#C[C@@H]1CC=C[C@@H](C)[C@@H](NC(=O)C2[C@@H]3OCC[C@@H](CC(C)C)C[C@H]3CN2C(=O)O)[C@H]2O[C@H](S1)[C@H](O)[C@@H](O)[C@H]2O. The van der Waals surface area contributed by atoms with Crippen LogP contribution in [-0.4, -0.2) is 104 Å². The quantitative estimate of drug-likeness (QED) is 0.252. The van der Waals surface area contributed by atoms with Gasteiger partial charge in [0.05, 0.1) is 17.4 Å². The van der Waals surface area contributed by atoms with E-state index in [2.05, 4.69) is 25.1 Å². The number of carbonyl (C=O) groups is 2. The Morgan fingerprint density at radius 1 is 1.21 bits per heavy atom. The molecule has 0 aromatic heterocycles. The minimum atomic E-state index is -1.51. The van der Waals surface area contributed by atoms with Crippen molar-refractivity contribution < 1.29 is 39.5 Å². The van der Waals surface area contributed by atoms with Crippen LogP contribution in [0.2, 0.25) is 0 Å². The molecule has 12 atom stereocenters. The Balaban J connectivity index is 1.59. The van der Waals surface area contributed by atoms with Crippen molar-refractivity contribution in [1.82, 2.24) is 10.2 Å². The van der Waals surface area contributed by atoms with E-state index in [4.69, 9.17) is 15.9 Å². The van der Waals surface area contributed by atoms with E-state index in [0.717, 1.165) is 24.2 Å². The molecule has 5 N–H and O–H groups in total. The summed E-state index contributed by atoms with van der Waals surface area (Å²) in [5.41, 5.74) is -0.915. The molecule has 2 bridgehead atoms. The number of aliphatic hydroxyl groups is 3. The first-order chi connectivity index (χ1) is 18.5. The highest BCUT2D eigenvalue weighted by Gasteiger charge is 2.53. The molecule has 4 aliphatic heterocycles. The molecule has 218 valence electrons. The molecule has 4 heterocycles. The molecule has 4 aliphatic rings. The van der Waals surface area contributed by atoms with Gasteiger partial charge in [-0.25, -0.2) is 4.79 Å². The number of terminal acetylenes is 1. The van der Waals surface area contributed by atoms with E-state index in [-0.39, 0.29) is 23.6 Å². The first-order valence-corrected chi connectivity index (χ1v) is 14.9. The maximum absolute atomic E-state index is 13.9. The number of likely N-dealkylation sites (tertiary alicyclic amines) is 1. The second-order valence-corrected chi connectivity index (χ2v) is 13.1. The highest BCUT2D eigenvalue weighted by atomic mass is 32.2. The Bertz CT molecular complexity index is 956. The van der Waals surface area contributed by atoms with Crippen LogP contribution in [0.3, 0.4) is 0 Å². The van der Waals surface area contributed by atoms with Crippen LogP contribution < -0.4 is 5.32 Å². The van der Waals surface area contributed by atoms with Crippen LogP contribution in [0.1, 0.15) is 46.5 Å². The number of carbonyl (C=O) groups excluding carboxylic acids is 1. The van der Waals surface area contributed by atoms with Crippen LogP contribution in [0.4, 0.5) is 4.79 Å². The fourth-order valence-electron chi connectivity index (χ4n) is 6.53. The lowest BCUT2D eigenvalue weighted by Gasteiger charge is -2.45. The molecule has 10 nitrogen and oxygen atoms in total. The third-order valence-electron chi connectivity index (χ3n) is 8.44. The summed E-state index contributed by atoms with van der Waals surface area (Å²) in [6.07, 6.45) is 5.40. The Kier molecular flexibility index (Phi) is 9.89. The molecule has 39 heavy (non-hydrogen) atoms. The van der Waals surface area contributed by atoms with Crippen LogP contribution in [0, 0.1) is 36.0 Å². The fraction of sp³-hybridized carbons (Fsp3) is 0.786. The Morgan fingerprint density at radius 3 is 2.62 bits per heavy atom. The molecule has 0 saturated carbocycles. The molecule has 0 spiro atoms. The number of nitrogens with one attached hydrogen (secondary N) is 1. The van der Waals surface area contributed by atoms with Gasteiger partial charge in [-0.15, -0.1) is 18.2 Å². The zero-order valence-corrected chi connectivity index (χ0v) is 23.6. The first kappa shape index (κ1) is 30.2. The van der Waals surface area contributed by atoms with E-state index >= 15 is 0 Å². The Labute approximate surface area is 234 Å². The zero-order chi connectivity index (χ0) is 28.4. The molecule has 1 unspecified atom stereocenters. The largest absolute Gasteiger partial charge is 0.465 e. The normalized spacial score (nSPS) is 42.8. The summed E-state index contributed by atoms with van der Waals surface area (Å²) in [7, 11) is 0. The van der Waals surface area contributed by atoms with E-state index in [1.807, 2.05) is 19.1 Å². The molecular formula is C28H42N2O8S. The van der Waals surface area contributed by atoms with Crippen LogP contribution >= 0.6 is 11.8 Å². The van der Waals surface area contributed by atoms with Crippen LogP contribution in [0.25, 0.3) is 0 Å². The lowest BCUT2D eigenvalue weighted by atomic mass is 9.85. The first-order valence-electron chi connectivity index (χ1n) is 13.9. The van der Waals surface area contributed by atoms with E-state index in [0.29, 0.717) is 24.9 Å². The van der Waals surface area contributed by atoms with Gasteiger partial charge in [0.25, 0.3) is 0 Å². The van der Waals surface area contributed by atoms with E-state index < -0.39 is 60.0 Å². The van der Waals surface area contributed by atoms with Crippen molar-refractivity contribution in [2.75, 3.05) is 13.2 Å². The standard InChI is InChI=1S/C28H42N2O8S/c1-5-18-8-6-7-15(4)19(25-22(32)21(31)23(33)27(38-25)39-18)29-26(34)20-24-17(13-30(20)28(35)36)12-16(9-10-37-24)11-14(2)3/h1,6-7,14-25,27,31-33H,8-13H2,2-4H3,(H,29,34)(H,35,36)/t15-,16+,17+,18-,19-,20?,21+,22-,23-,24-,25-,27-/m1/s1. The number of hydrogen-bond acceptors (Lipinski definition) is 8. The maximum atomic E-state index is 13.9. The molecule has 2 amide bonds. The number of ether oxygens (including phenoxy) is 2. The summed E-state index contributed by atoms with van der Waals surface area (Å²) < 4.78 is 12.2. The number of hydrogen-bond donors (Lipinski definition) is 5. The highest BCUT2D eigenvalue weighted by molar-refractivity contribution is 8.00. The van der Waals surface area contributed by atoms with Crippen molar-refractivity contribution in [1.29, 1.82) is 0 Å². The lowest BCUT2D eigenvalue weighted by molar-refractivity contribution is -0.207. The third-order valence-corrected chi connectivity index (χ3v) is 9.76. The molecule has 0 aliphatic carbocycles. The van der Waals surface area contributed by atoms with Gasteiger partial charge in [-0.05, 0) is 43.4 Å². The van der Waals surface area contributed by atoms with Gasteiger partial charge in [0.1, 0.15) is 35.9 Å². The van der Waals surface area contributed by atoms with Gasteiger partial charge in [0.15, 0.2) is 0 Å². The summed E-state index contributed by atoms with van der Waals surface area (Å²) in [5, 5.41) is 44.8. The predicted molar refractivity (Wildman–Crippen MR) is 146 cm³/mol. The average molecular weight is 567 g/mol. The summed E-state index contributed by atoms with van der Waals surface area (Å²) >= 11 is 1.18. The van der Waals surface area contributed by atoms with E-state index in [1.165, 1.54) is 11.8 Å². The third kappa shape index (κ3) is 6.58. The van der Waals surface area contributed by atoms with Crippen molar-refractivity contribution in [3.63, 3.8) is 0 Å². The van der Waals surface area contributed by atoms with Crippen molar-refractivity contribution in [2.24, 2.45) is 23.7 Å². The van der Waals surface area contributed by atoms with Crippen molar-refractivity contribution >= 4 is 23.8 Å². The molecule has 4 rings (SSSR count). The zero-order valence-electron chi connectivity index (χ0n) is 22.8. The van der Waals surface area contributed by atoms with Gasteiger partial charge in [0, 0.05) is 19.1 Å². The van der Waals surface area contributed by atoms with Gasteiger partial charge in [0.2, 0.25) is 5.91 Å². The number of aliphatic hydroxyl groups excluding tert-OH is 3. The minimum absolute atomic E-state index is 0.0977. The lowest BCUT2D eigenvalue weighted by Crippen LogP contribution is -2.65. The molecular weight excluding hydrogens is 524 g/mol. The second-order valence-electron chi connectivity index (χ2n) is 11.8. The van der Waals surface area contributed by atoms with Crippen molar-refractivity contribution in [3.8, 4) is 12.3 Å². The van der Waals surface area contributed by atoms with Gasteiger partial charge in [-0.2, -0.15) is 0 Å². The van der Waals surface area contributed by atoms with Crippen molar-refractivity contribution in [2.45, 2.75) is 99.7 Å². The molecule has 3 fully saturated rings. The Hall–Kier alpha value is -1.81. The highest BCUT2D eigenvalue weighted by Crippen LogP contribution is 2.39. The number of fused-ring (bicyclic) bond motifs is 3. The molecule has 11 heteroatoms. The van der Waals surface area contributed by atoms with Crippen LogP contribution in [0.5, 0.6) is 0 Å². The summed E-state index contributed by atoms with van der Waals surface area (Å²) in [6.45, 7) is 6.85. The van der Waals surface area contributed by atoms with E-state index in [9.17, 15) is 30.0 Å². The topological polar surface area (TPSA) is 149 Å². The van der Waals surface area contributed by atoms with E-state index in [1.54, 1.807) is 0 Å². The molecule has 0 aromatic rings. The molecule has 0 radical (unpaired) electrons. The smallest absolute Gasteiger partial charge is 0.408 e. The number of allylic oxidation sites excluding steroid dienone is 1. The van der Waals surface area contributed by atoms with Crippen LogP contribution in [0.15, 0.2) is 12.2 Å².